The van der Waals surface area contributed by atoms with Gasteiger partial charge in [-0.15, -0.1) is 0 Å². The van der Waals surface area contributed by atoms with Crippen molar-refractivity contribution in [3.05, 3.63) is 64.9 Å². The van der Waals surface area contributed by atoms with Crippen LogP contribution in [0.2, 0.25) is 5.02 Å². The van der Waals surface area contributed by atoms with E-state index in [1.54, 1.807) is 12.1 Å². The molecule has 0 aliphatic heterocycles. The molecule has 0 unspecified atom stereocenters. The Morgan fingerprint density at radius 2 is 1.68 bits per heavy atom. The fourth-order valence-electron chi connectivity index (χ4n) is 1.80. The van der Waals surface area contributed by atoms with Crippen molar-refractivity contribution in [1.82, 2.24) is 5.32 Å². The lowest BCUT2D eigenvalue weighted by Gasteiger charge is -2.08. The van der Waals surface area contributed by atoms with E-state index in [-0.39, 0.29) is 17.1 Å². The first-order valence-corrected chi connectivity index (χ1v) is 7.57. The van der Waals surface area contributed by atoms with Crippen LogP contribution in [-0.2, 0) is 14.3 Å². The molecular formula is C17H14ClFN2O4. The number of carbonyl (C=O) groups excluding carboxylic acids is 3. The molecule has 0 bridgehead atoms. The average molecular weight is 365 g/mol. The van der Waals surface area contributed by atoms with E-state index in [4.69, 9.17) is 16.3 Å². The molecule has 0 saturated carbocycles. The van der Waals surface area contributed by atoms with E-state index in [0.29, 0.717) is 5.69 Å². The number of hydrogen-bond donors (Lipinski definition) is 2. The van der Waals surface area contributed by atoms with Crippen molar-refractivity contribution in [1.29, 1.82) is 0 Å². The zero-order valence-corrected chi connectivity index (χ0v) is 13.7. The van der Waals surface area contributed by atoms with E-state index >= 15 is 0 Å². The largest absolute Gasteiger partial charge is 0.452 e. The molecule has 2 aromatic rings. The molecule has 130 valence electrons. The Morgan fingerprint density at radius 1 is 1.00 bits per heavy atom. The lowest BCUT2D eigenvalue weighted by atomic mass is 10.2. The lowest BCUT2D eigenvalue weighted by molar-refractivity contribution is -0.126. The molecule has 0 aliphatic carbocycles. The number of ether oxygens (including phenoxy) is 1. The van der Waals surface area contributed by atoms with Crippen LogP contribution in [0.15, 0.2) is 48.5 Å². The normalized spacial score (nSPS) is 10.0. The zero-order valence-electron chi connectivity index (χ0n) is 12.9. The van der Waals surface area contributed by atoms with Crippen molar-refractivity contribution in [3.63, 3.8) is 0 Å². The van der Waals surface area contributed by atoms with Gasteiger partial charge in [-0.2, -0.15) is 0 Å². The number of nitrogens with one attached hydrogen (secondary N) is 2. The standard InChI is InChI=1S/C17H14ClFN2O4/c18-14-4-2-1-3-13(14)17(24)25-10-16(23)20-9-15(22)21-12-7-5-11(19)6-8-12/h1-8H,9-10H2,(H,20,23)(H,21,22). The van der Waals surface area contributed by atoms with Gasteiger partial charge in [0.1, 0.15) is 5.82 Å². The predicted octanol–water partition coefficient (Wildman–Crippen LogP) is 2.39. The minimum Gasteiger partial charge on any atom is -0.452 e. The summed E-state index contributed by atoms with van der Waals surface area (Å²) in [5, 5.41) is 4.99. The highest BCUT2D eigenvalue weighted by Gasteiger charge is 2.13. The van der Waals surface area contributed by atoms with E-state index in [9.17, 15) is 18.8 Å². The number of esters is 1. The van der Waals surface area contributed by atoms with E-state index in [1.165, 1.54) is 36.4 Å². The van der Waals surface area contributed by atoms with E-state index < -0.39 is 30.2 Å². The third-order valence-electron chi connectivity index (χ3n) is 3.00. The maximum absolute atomic E-state index is 12.8. The first kappa shape index (κ1) is 18.4. The molecular weight excluding hydrogens is 351 g/mol. The van der Waals surface area contributed by atoms with Gasteiger partial charge in [0.15, 0.2) is 6.61 Å². The summed E-state index contributed by atoms with van der Waals surface area (Å²) < 4.78 is 17.6. The fraction of sp³-hybridized carbons (Fsp3) is 0.118. The van der Waals surface area contributed by atoms with E-state index in [2.05, 4.69) is 10.6 Å². The molecule has 0 atom stereocenters. The maximum atomic E-state index is 12.8. The number of hydrogen-bond acceptors (Lipinski definition) is 4. The summed E-state index contributed by atoms with van der Waals surface area (Å²) in [6.07, 6.45) is 0. The fourth-order valence-corrected chi connectivity index (χ4v) is 2.02. The second kappa shape index (κ2) is 8.79. The summed E-state index contributed by atoms with van der Waals surface area (Å²) in [7, 11) is 0. The molecule has 0 radical (unpaired) electrons. The van der Waals surface area contributed by atoms with Crippen molar-refractivity contribution >= 4 is 35.1 Å². The summed E-state index contributed by atoms with van der Waals surface area (Å²) in [6, 6.07) is 11.4. The third-order valence-corrected chi connectivity index (χ3v) is 3.33. The minimum absolute atomic E-state index is 0.144. The van der Waals surface area contributed by atoms with Gasteiger partial charge < -0.3 is 15.4 Å². The van der Waals surface area contributed by atoms with Crippen LogP contribution in [0.4, 0.5) is 10.1 Å². The van der Waals surface area contributed by atoms with Crippen LogP contribution in [0.1, 0.15) is 10.4 Å². The number of rotatable bonds is 6. The number of carbonyl (C=O) groups is 3. The molecule has 2 N–H and O–H groups in total. The monoisotopic (exact) mass is 364 g/mol. The van der Waals surface area contributed by atoms with Gasteiger partial charge in [0, 0.05) is 5.69 Å². The first-order chi connectivity index (χ1) is 12.0. The highest BCUT2D eigenvalue weighted by atomic mass is 35.5. The smallest absolute Gasteiger partial charge is 0.340 e. The van der Waals surface area contributed by atoms with Gasteiger partial charge in [0.2, 0.25) is 5.91 Å². The average Bonchev–Trinajstić information content (AvgIpc) is 2.60. The Bertz CT molecular complexity index is 780. The molecule has 0 heterocycles. The summed E-state index contributed by atoms with van der Waals surface area (Å²) >= 11 is 5.85. The van der Waals surface area contributed by atoms with Gasteiger partial charge in [-0.05, 0) is 36.4 Å². The molecule has 2 rings (SSSR count). The highest BCUT2D eigenvalue weighted by Crippen LogP contribution is 2.15. The first-order valence-electron chi connectivity index (χ1n) is 7.19. The second-order valence-corrected chi connectivity index (χ2v) is 5.29. The van der Waals surface area contributed by atoms with Crippen LogP contribution < -0.4 is 10.6 Å². The molecule has 8 heteroatoms. The van der Waals surface area contributed by atoms with Gasteiger partial charge in [-0.3, -0.25) is 9.59 Å². The number of halogens is 2. The van der Waals surface area contributed by atoms with Crippen LogP contribution >= 0.6 is 11.6 Å². The van der Waals surface area contributed by atoms with Gasteiger partial charge in [-0.1, -0.05) is 23.7 Å². The summed E-state index contributed by atoms with van der Waals surface area (Å²) in [6.45, 7) is -0.867. The molecule has 6 nitrogen and oxygen atoms in total. The van der Waals surface area contributed by atoms with Crippen LogP contribution in [0, 0.1) is 5.82 Å². The van der Waals surface area contributed by atoms with Gasteiger partial charge in [-0.25, -0.2) is 9.18 Å². The molecule has 0 aromatic heterocycles. The lowest BCUT2D eigenvalue weighted by Crippen LogP contribution is -2.35. The van der Waals surface area contributed by atoms with E-state index in [1.807, 2.05) is 0 Å². The Labute approximate surface area is 147 Å². The van der Waals surface area contributed by atoms with E-state index in [0.717, 1.165) is 0 Å². The Hall–Kier alpha value is -2.93. The Balaban J connectivity index is 1.73. The molecule has 0 aliphatic rings. The van der Waals surface area contributed by atoms with Crippen molar-refractivity contribution < 1.29 is 23.5 Å². The van der Waals surface area contributed by atoms with Gasteiger partial charge in [0.25, 0.3) is 5.91 Å². The van der Waals surface area contributed by atoms with Crippen LogP contribution in [0.5, 0.6) is 0 Å². The molecule has 25 heavy (non-hydrogen) atoms. The number of benzene rings is 2. The molecule has 2 aromatic carbocycles. The van der Waals surface area contributed by atoms with Crippen molar-refractivity contribution in [2.24, 2.45) is 0 Å². The van der Waals surface area contributed by atoms with Gasteiger partial charge in [0.05, 0.1) is 17.1 Å². The minimum atomic E-state index is -0.739. The number of anilines is 1. The second-order valence-electron chi connectivity index (χ2n) is 4.89. The Kier molecular flexibility index (Phi) is 6.47. The molecule has 0 saturated heterocycles. The van der Waals surface area contributed by atoms with Gasteiger partial charge >= 0.3 is 5.97 Å². The predicted molar refractivity (Wildman–Crippen MR) is 89.8 cm³/mol. The maximum Gasteiger partial charge on any atom is 0.340 e. The SMILES string of the molecule is O=C(COC(=O)c1ccccc1Cl)NCC(=O)Nc1ccc(F)cc1. The third kappa shape index (κ3) is 5.89. The van der Waals surface area contributed by atoms with Crippen LogP contribution in [0.3, 0.4) is 0 Å². The molecule has 0 spiro atoms. The topological polar surface area (TPSA) is 84.5 Å². The van der Waals surface area contributed by atoms with Crippen molar-refractivity contribution in [2.75, 3.05) is 18.5 Å². The van der Waals surface area contributed by atoms with Crippen LogP contribution in [0.25, 0.3) is 0 Å². The van der Waals surface area contributed by atoms with Crippen molar-refractivity contribution in [3.8, 4) is 0 Å². The Morgan fingerprint density at radius 3 is 2.36 bits per heavy atom. The zero-order chi connectivity index (χ0) is 18.2. The highest BCUT2D eigenvalue weighted by molar-refractivity contribution is 6.33. The summed E-state index contributed by atoms with van der Waals surface area (Å²) in [4.78, 5) is 35.1. The van der Waals surface area contributed by atoms with Crippen molar-refractivity contribution in [2.45, 2.75) is 0 Å². The molecule has 2 amide bonds. The number of amides is 2. The molecule has 0 fully saturated rings. The summed E-state index contributed by atoms with van der Waals surface area (Å²) in [5.41, 5.74) is 0.539. The van der Waals surface area contributed by atoms with Crippen LogP contribution in [-0.4, -0.2) is 30.9 Å². The summed E-state index contributed by atoms with van der Waals surface area (Å²) in [5.74, 6) is -2.31. The quantitative estimate of drug-likeness (QED) is 0.771.